The lowest BCUT2D eigenvalue weighted by Gasteiger charge is -2.06. The maximum absolute atomic E-state index is 12.5. The molecule has 3 rings (SSSR count). The molecule has 0 fully saturated rings. The fourth-order valence-electron chi connectivity index (χ4n) is 2.19. The van der Waals surface area contributed by atoms with Crippen LogP contribution in [0.15, 0.2) is 70.9 Å². The topological polar surface area (TPSA) is 113 Å². The number of amides is 1. The Morgan fingerprint density at radius 1 is 0.926 bits per heavy atom. The van der Waals surface area contributed by atoms with Crippen LogP contribution in [-0.4, -0.2) is 25.4 Å². The summed E-state index contributed by atoms with van der Waals surface area (Å²) < 4.78 is 27.3. The lowest BCUT2D eigenvalue weighted by Crippen LogP contribution is -2.13. The number of carboxylic acid groups (broad SMARTS) is 1. The first-order valence-electron chi connectivity index (χ1n) is 7.66. The highest BCUT2D eigenvalue weighted by atomic mass is 32.2. The number of para-hydroxylation sites is 1. The highest BCUT2D eigenvalue weighted by molar-refractivity contribution is 7.92. The Balaban J connectivity index is 1.74. The number of hydrogen-bond donors (Lipinski definition) is 3. The molecule has 1 heterocycles. The Hall–Kier alpha value is -3.17. The van der Waals surface area contributed by atoms with Gasteiger partial charge in [-0.25, -0.2) is 13.2 Å². The van der Waals surface area contributed by atoms with Crippen LogP contribution in [0, 0.1) is 0 Å². The van der Waals surface area contributed by atoms with Crippen molar-refractivity contribution in [3.8, 4) is 0 Å². The summed E-state index contributed by atoms with van der Waals surface area (Å²) in [7, 11) is -3.90. The predicted octanol–water partition coefficient (Wildman–Crippen LogP) is 3.50. The molecule has 1 amide bonds. The van der Waals surface area contributed by atoms with Crippen LogP contribution in [-0.2, 0) is 10.0 Å². The summed E-state index contributed by atoms with van der Waals surface area (Å²) in [6.07, 6.45) is 0. The molecule has 9 heteroatoms. The quantitative estimate of drug-likeness (QED) is 0.584. The summed E-state index contributed by atoms with van der Waals surface area (Å²) in [5, 5.41) is 12.9. The summed E-state index contributed by atoms with van der Waals surface area (Å²) in [6, 6.07) is 15.4. The summed E-state index contributed by atoms with van der Waals surface area (Å²) in [5.41, 5.74) is 0.881. The number of thiophene rings is 1. The molecule has 0 unspecified atom stereocenters. The van der Waals surface area contributed by atoms with Crippen LogP contribution in [0.1, 0.15) is 20.0 Å². The van der Waals surface area contributed by atoms with Gasteiger partial charge < -0.3 is 10.4 Å². The maximum atomic E-state index is 12.5. The fourth-order valence-corrected chi connectivity index (χ4v) is 4.42. The standard InChI is InChI=1S/C18H14N2O5S2/c21-17(19-13-4-2-1-3-5-13)16-10-15(11-26-16)27(24,25)20-14-8-6-12(7-9-14)18(22)23/h1-11,20H,(H,19,21)(H,22,23). The Labute approximate surface area is 159 Å². The van der Waals surface area contributed by atoms with Crippen molar-refractivity contribution in [2.24, 2.45) is 0 Å². The number of aromatic carboxylic acids is 1. The van der Waals surface area contributed by atoms with Gasteiger partial charge in [-0.1, -0.05) is 18.2 Å². The van der Waals surface area contributed by atoms with Crippen molar-refractivity contribution < 1.29 is 23.1 Å². The Kier molecular flexibility index (Phi) is 5.24. The van der Waals surface area contributed by atoms with E-state index in [1.165, 1.54) is 35.7 Å². The molecule has 0 bridgehead atoms. The van der Waals surface area contributed by atoms with Crippen molar-refractivity contribution >= 4 is 44.6 Å². The first kappa shape index (κ1) is 18.6. The molecule has 1 aromatic heterocycles. The minimum atomic E-state index is -3.90. The number of anilines is 2. The molecule has 7 nitrogen and oxygen atoms in total. The minimum absolute atomic E-state index is 0.0481. The van der Waals surface area contributed by atoms with Gasteiger partial charge in [0.1, 0.15) is 0 Å². The van der Waals surface area contributed by atoms with E-state index >= 15 is 0 Å². The second-order valence-corrected chi connectivity index (χ2v) is 8.05. The highest BCUT2D eigenvalue weighted by Gasteiger charge is 2.19. The molecule has 0 aliphatic carbocycles. The van der Waals surface area contributed by atoms with Gasteiger partial charge in [-0.3, -0.25) is 9.52 Å². The molecule has 0 atom stereocenters. The number of hydrogen-bond acceptors (Lipinski definition) is 5. The van der Waals surface area contributed by atoms with E-state index in [0.717, 1.165) is 11.3 Å². The smallest absolute Gasteiger partial charge is 0.335 e. The van der Waals surface area contributed by atoms with Crippen molar-refractivity contribution in [2.75, 3.05) is 10.0 Å². The van der Waals surface area contributed by atoms with Crippen LogP contribution in [0.3, 0.4) is 0 Å². The monoisotopic (exact) mass is 402 g/mol. The number of sulfonamides is 1. The van der Waals surface area contributed by atoms with E-state index in [-0.39, 0.29) is 21.0 Å². The molecular weight excluding hydrogens is 388 g/mol. The van der Waals surface area contributed by atoms with Crippen molar-refractivity contribution in [2.45, 2.75) is 4.90 Å². The largest absolute Gasteiger partial charge is 0.478 e. The number of carbonyl (C=O) groups is 2. The number of benzene rings is 2. The van der Waals surface area contributed by atoms with E-state index in [1.54, 1.807) is 24.3 Å². The Morgan fingerprint density at radius 3 is 2.22 bits per heavy atom. The highest BCUT2D eigenvalue weighted by Crippen LogP contribution is 2.23. The van der Waals surface area contributed by atoms with E-state index in [1.807, 2.05) is 6.07 Å². The van der Waals surface area contributed by atoms with E-state index in [0.29, 0.717) is 5.69 Å². The zero-order valence-corrected chi connectivity index (χ0v) is 15.4. The van der Waals surface area contributed by atoms with Crippen LogP contribution in [0.2, 0.25) is 0 Å². The zero-order chi connectivity index (χ0) is 19.4. The number of carboxylic acids is 1. The van der Waals surface area contributed by atoms with Crippen molar-refractivity contribution in [1.82, 2.24) is 0 Å². The average molecular weight is 402 g/mol. The first-order chi connectivity index (χ1) is 12.8. The molecule has 3 N–H and O–H groups in total. The molecule has 0 aliphatic rings. The number of rotatable bonds is 6. The normalized spacial score (nSPS) is 11.0. The summed E-state index contributed by atoms with van der Waals surface area (Å²) in [5.74, 6) is -1.50. The van der Waals surface area contributed by atoms with Crippen LogP contribution < -0.4 is 10.0 Å². The van der Waals surface area contributed by atoms with Crippen molar-refractivity contribution in [1.29, 1.82) is 0 Å². The van der Waals surface area contributed by atoms with Gasteiger partial charge in [0.05, 0.1) is 15.3 Å². The van der Waals surface area contributed by atoms with E-state index in [9.17, 15) is 18.0 Å². The van der Waals surface area contributed by atoms with Gasteiger partial charge in [0, 0.05) is 16.8 Å². The molecule has 0 aliphatic heterocycles. The molecule has 0 saturated heterocycles. The lowest BCUT2D eigenvalue weighted by molar-refractivity contribution is 0.0696. The van der Waals surface area contributed by atoms with Gasteiger partial charge >= 0.3 is 5.97 Å². The van der Waals surface area contributed by atoms with E-state index in [2.05, 4.69) is 10.0 Å². The number of carbonyl (C=O) groups excluding carboxylic acids is 1. The van der Waals surface area contributed by atoms with Gasteiger partial charge in [-0.05, 0) is 42.5 Å². The SMILES string of the molecule is O=C(O)c1ccc(NS(=O)(=O)c2csc(C(=O)Nc3ccccc3)c2)cc1. The summed E-state index contributed by atoms with van der Waals surface area (Å²) in [6.45, 7) is 0. The van der Waals surface area contributed by atoms with Gasteiger partial charge in [0.25, 0.3) is 15.9 Å². The third kappa shape index (κ3) is 4.52. The lowest BCUT2D eigenvalue weighted by atomic mass is 10.2. The van der Waals surface area contributed by atoms with Gasteiger partial charge in [-0.15, -0.1) is 11.3 Å². The average Bonchev–Trinajstić information content (AvgIpc) is 3.14. The number of nitrogens with one attached hydrogen (secondary N) is 2. The third-order valence-corrected chi connectivity index (χ3v) is 5.96. The second-order valence-electron chi connectivity index (χ2n) is 5.45. The first-order valence-corrected chi connectivity index (χ1v) is 10.0. The van der Waals surface area contributed by atoms with E-state index in [4.69, 9.17) is 5.11 Å². The van der Waals surface area contributed by atoms with Crippen LogP contribution in [0.5, 0.6) is 0 Å². The summed E-state index contributed by atoms with van der Waals surface area (Å²) in [4.78, 5) is 23.3. The molecule has 3 aromatic rings. The maximum Gasteiger partial charge on any atom is 0.335 e. The van der Waals surface area contributed by atoms with Gasteiger partial charge in [0.2, 0.25) is 0 Å². The Morgan fingerprint density at radius 2 is 1.59 bits per heavy atom. The molecule has 27 heavy (non-hydrogen) atoms. The zero-order valence-electron chi connectivity index (χ0n) is 13.7. The van der Waals surface area contributed by atoms with E-state index < -0.39 is 21.9 Å². The molecule has 0 saturated carbocycles. The van der Waals surface area contributed by atoms with Crippen LogP contribution in [0.4, 0.5) is 11.4 Å². The molecule has 0 spiro atoms. The van der Waals surface area contributed by atoms with Crippen LogP contribution in [0.25, 0.3) is 0 Å². The molecule has 2 aromatic carbocycles. The van der Waals surface area contributed by atoms with Crippen molar-refractivity contribution in [3.63, 3.8) is 0 Å². The Bertz CT molecular complexity index is 1070. The van der Waals surface area contributed by atoms with Gasteiger partial charge in [-0.2, -0.15) is 0 Å². The fraction of sp³-hybridized carbons (Fsp3) is 0. The predicted molar refractivity (Wildman–Crippen MR) is 103 cm³/mol. The molecule has 138 valence electrons. The molecule has 0 radical (unpaired) electrons. The second kappa shape index (κ2) is 7.60. The van der Waals surface area contributed by atoms with Crippen molar-refractivity contribution in [3.05, 3.63) is 76.5 Å². The third-order valence-electron chi connectivity index (χ3n) is 3.53. The minimum Gasteiger partial charge on any atom is -0.478 e. The molecular formula is C18H14N2O5S2. The van der Waals surface area contributed by atoms with Crippen LogP contribution >= 0.6 is 11.3 Å². The van der Waals surface area contributed by atoms with Gasteiger partial charge in [0.15, 0.2) is 0 Å². The summed E-state index contributed by atoms with van der Waals surface area (Å²) >= 11 is 1.01.